The number of nitrogens with one attached hydrogen (secondary N) is 1. The van der Waals surface area contributed by atoms with Gasteiger partial charge in [-0.15, -0.1) is 0 Å². The molecule has 6 nitrogen and oxygen atoms in total. The van der Waals surface area contributed by atoms with E-state index >= 15 is 0 Å². The fourth-order valence-electron chi connectivity index (χ4n) is 2.71. The minimum Gasteiger partial charge on any atom is -0.337 e. The lowest BCUT2D eigenvalue weighted by atomic mass is 10.1. The second-order valence-electron chi connectivity index (χ2n) is 6.35. The molecule has 0 spiro atoms. The summed E-state index contributed by atoms with van der Waals surface area (Å²) in [5.74, 6) is -0.241. The van der Waals surface area contributed by atoms with Gasteiger partial charge in [0.15, 0.2) is 0 Å². The number of nitrogens with zero attached hydrogens (tertiary/aromatic N) is 2. The minimum absolute atomic E-state index is 0.0560. The molecule has 144 valence electrons. The highest BCUT2D eigenvalue weighted by atomic mass is 32.2. The summed E-state index contributed by atoms with van der Waals surface area (Å²) in [4.78, 5) is 18.2. The van der Waals surface area contributed by atoms with Gasteiger partial charge >= 0.3 is 0 Å². The molecule has 28 heavy (non-hydrogen) atoms. The molecule has 0 fully saturated rings. The molecule has 3 aromatic rings. The number of pyridine rings is 1. The van der Waals surface area contributed by atoms with Crippen molar-refractivity contribution in [2.24, 2.45) is 0 Å². The van der Waals surface area contributed by atoms with E-state index in [4.69, 9.17) is 0 Å². The van der Waals surface area contributed by atoms with Crippen LogP contribution in [-0.2, 0) is 23.1 Å². The highest BCUT2D eigenvalue weighted by Gasteiger charge is 2.18. The maximum Gasteiger partial charge on any atom is 0.253 e. The fourth-order valence-corrected chi connectivity index (χ4v) is 3.77. The molecule has 0 unspecified atom stereocenters. The molecule has 1 aromatic heterocycles. The Morgan fingerprint density at radius 3 is 2.39 bits per heavy atom. The number of hydrogen-bond acceptors (Lipinski definition) is 4. The van der Waals surface area contributed by atoms with Crippen LogP contribution in [-0.4, -0.2) is 31.3 Å². The number of carbonyl (C=O) groups excluding carboxylic acids is 1. The van der Waals surface area contributed by atoms with Crippen LogP contribution in [0.2, 0.25) is 0 Å². The van der Waals surface area contributed by atoms with E-state index in [9.17, 15) is 13.2 Å². The van der Waals surface area contributed by atoms with Gasteiger partial charge in [0.05, 0.1) is 4.90 Å². The van der Waals surface area contributed by atoms with Crippen LogP contribution in [0.3, 0.4) is 0 Å². The van der Waals surface area contributed by atoms with Gasteiger partial charge < -0.3 is 4.90 Å². The molecule has 7 heteroatoms. The van der Waals surface area contributed by atoms with Crippen LogP contribution in [0.25, 0.3) is 0 Å². The highest BCUT2D eigenvalue weighted by molar-refractivity contribution is 7.89. The molecule has 0 aliphatic rings. The van der Waals surface area contributed by atoms with Gasteiger partial charge in [0.1, 0.15) is 0 Å². The van der Waals surface area contributed by atoms with Crippen LogP contribution in [0.4, 0.5) is 0 Å². The molecule has 0 radical (unpaired) electrons. The van der Waals surface area contributed by atoms with Crippen molar-refractivity contribution in [1.29, 1.82) is 0 Å². The molecule has 0 bridgehead atoms. The number of hydrogen-bond donors (Lipinski definition) is 1. The first-order valence-corrected chi connectivity index (χ1v) is 10.2. The molecular formula is C21H21N3O3S. The lowest BCUT2D eigenvalue weighted by molar-refractivity contribution is 0.0785. The Morgan fingerprint density at radius 1 is 0.964 bits per heavy atom. The molecule has 0 aliphatic carbocycles. The number of benzene rings is 2. The van der Waals surface area contributed by atoms with Crippen molar-refractivity contribution >= 4 is 15.9 Å². The Kier molecular flexibility index (Phi) is 6.18. The largest absolute Gasteiger partial charge is 0.337 e. The van der Waals surface area contributed by atoms with E-state index in [1.165, 1.54) is 12.1 Å². The molecule has 1 heterocycles. The Morgan fingerprint density at radius 2 is 1.68 bits per heavy atom. The minimum atomic E-state index is -3.74. The third-order valence-electron chi connectivity index (χ3n) is 4.22. The molecule has 1 amide bonds. The van der Waals surface area contributed by atoms with E-state index in [0.29, 0.717) is 12.1 Å². The van der Waals surface area contributed by atoms with Gasteiger partial charge in [-0.1, -0.05) is 36.4 Å². The summed E-state index contributed by atoms with van der Waals surface area (Å²) in [6, 6.07) is 19.2. The van der Waals surface area contributed by atoms with Crippen molar-refractivity contribution in [2.45, 2.75) is 18.0 Å². The van der Waals surface area contributed by atoms with Gasteiger partial charge in [-0.05, 0) is 41.5 Å². The fraction of sp³-hybridized carbons (Fsp3) is 0.143. The molecule has 0 saturated carbocycles. The molecule has 3 rings (SSSR count). The molecular weight excluding hydrogens is 374 g/mol. The van der Waals surface area contributed by atoms with Crippen LogP contribution in [0.15, 0.2) is 84.0 Å². The second-order valence-corrected chi connectivity index (χ2v) is 8.12. The summed E-state index contributed by atoms with van der Waals surface area (Å²) in [7, 11) is -2.05. The highest BCUT2D eigenvalue weighted by Crippen LogP contribution is 2.15. The van der Waals surface area contributed by atoms with Crippen LogP contribution < -0.4 is 4.72 Å². The van der Waals surface area contributed by atoms with Crippen molar-refractivity contribution in [3.63, 3.8) is 0 Å². The molecule has 0 aliphatic heterocycles. The summed E-state index contributed by atoms with van der Waals surface area (Å²) in [5.41, 5.74) is 2.12. The summed E-state index contributed by atoms with van der Waals surface area (Å²) in [5, 5.41) is 0. The van der Waals surface area contributed by atoms with Crippen LogP contribution >= 0.6 is 0 Å². The Bertz CT molecular complexity index is 1040. The summed E-state index contributed by atoms with van der Waals surface area (Å²) >= 11 is 0. The van der Waals surface area contributed by atoms with Gasteiger partial charge in [0, 0.05) is 38.1 Å². The number of aromatic nitrogens is 1. The average molecular weight is 395 g/mol. The maximum atomic E-state index is 12.7. The number of carbonyl (C=O) groups is 1. The predicted molar refractivity (Wildman–Crippen MR) is 107 cm³/mol. The molecule has 1 N–H and O–H groups in total. The van der Waals surface area contributed by atoms with Crippen molar-refractivity contribution in [3.05, 3.63) is 95.8 Å². The zero-order valence-electron chi connectivity index (χ0n) is 15.4. The van der Waals surface area contributed by atoms with E-state index in [-0.39, 0.29) is 17.3 Å². The van der Waals surface area contributed by atoms with E-state index in [0.717, 1.165) is 11.1 Å². The van der Waals surface area contributed by atoms with Gasteiger partial charge in [0.25, 0.3) is 5.91 Å². The van der Waals surface area contributed by atoms with Crippen molar-refractivity contribution in [1.82, 2.24) is 14.6 Å². The maximum absolute atomic E-state index is 12.7. The number of amides is 1. The van der Waals surface area contributed by atoms with E-state index in [2.05, 4.69) is 9.71 Å². The third kappa shape index (κ3) is 5.03. The molecule has 0 saturated heterocycles. The zero-order valence-corrected chi connectivity index (χ0v) is 16.3. The number of sulfonamides is 1. The number of rotatable bonds is 7. The Balaban J connectivity index is 1.72. The van der Waals surface area contributed by atoms with E-state index < -0.39 is 10.0 Å². The molecule has 0 atom stereocenters. The summed E-state index contributed by atoms with van der Waals surface area (Å²) in [6.07, 6.45) is 3.21. The van der Waals surface area contributed by atoms with Gasteiger partial charge in [0.2, 0.25) is 10.0 Å². The topological polar surface area (TPSA) is 79.4 Å². The van der Waals surface area contributed by atoms with Crippen LogP contribution in [0.5, 0.6) is 0 Å². The standard InChI is InChI=1S/C21H21N3O3S/c1-24(16-18-6-3-2-4-7-18)21(25)19-8-5-9-20(14-19)28(26,27)23-15-17-10-12-22-13-11-17/h2-14,23H,15-16H2,1H3. The molecule has 2 aromatic carbocycles. The SMILES string of the molecule is CN(Cc1ccccc1)C(=O)c1cccc(S(=O)(=O)NCc2ccncc2)c1. The van der Waals surface area contributed by atoms with E-state index in [1.54, 1.807) is 48.6 Å². The van der Waals surface area contributed by atoms with Crippen LogP contribution in [0, 0.1) is 0 Å². The first-order valence-electron chi connectivity index (χ1n) is 8.74. The normalized spacial score (nSPS) is 11.2. The first-order chi connectivity index (χ1) is 13.5. The Hall–Kier alpha value is -3.03. The lowest BCUT2D eigenvalue weighted by Gasteiger charge is -2.18. The summed E-state index contributed by atoms with van der Waals surface area (Å²) in [6.45, 7) is 0.591. The lowest BCUT2D eigenvalue weighted by Crippen LogP contribution is -2.27. The third-order valence-corrected chi connectivity index (χ3v) is 5.62. The zero-order chi connectivity index (χ0) is 20.0. The summed E-state index contributed by atoms with van der Waals surface area (Å²) < 4.78 is 27.7. The van der Waals surface area contributed by atoms with E-state index in [1.807, 2.05) is 30.3 Å². The smallest absolute Gasteiger partial charge is 0.253 e. The van der Waals surface area contributed by atoms with Crippen molar-refractivity contribution in [3.8, 4) is 0 Å². The quantitative estimate of drug-likeness (QED) is 0.667. The van der Waals surface area contributed by atoms with Crippen molar-refractivity contribution < 1.29 is 13.2 Å². The second kappa shape index (κ2) is 8.77. The monoisotopic (exact) mass is 395 g/mol. The van der Waals surface area contributed by atoms with Gasteiger partial charge in [-0.25, -0.2) is 13.1 Å². The average Bonchev–Trinajstić information content (AvgIpc) is 2.73. The first kappa shape index (κ1) is 19.7. The van der Waals surface area contributed by atoms with Gasteiger partial charge in [-0.3, -0.25) is 9.78 Å². The van der Waals surface area contributed by atoms with Crippen LogP contribution in [0.1, 0.15) is 21.5 Å². The Labute approximate surface area is 164 Å². The van der Waals surface area contributed by atoms with Gasteiger partial charge in [-0.2, -0.15) is 0 Å². The van der Waals surface area contributed by atoms with Crippen molar-refractivity contribution in [2.75, 3.05) is 7.05 Å². The predicted octanol–water partition coefficient (Wildman–Crippen LogP) is 2.83.